The van der Waals surface area contributed by atoms with E-state index in [9.17, 15) is 19.7 Å². The molecule has 0 saturated carbocycles. The Bertz CT molecular complexity index is 883. The third kappa shape index (κ3) is 5.82. The fraction of sp³-hybridized carbons (Fsp3) is 0.263. The molecule has 27 heavy (non-hydrogen) atoms. The van der Waals surface area contributed by atoms with Crippen LogP contribution in [0.25, 0.3) is 0 Å². The van der Waals surface area contributed by atoms with Crippen LogP contribution in [-0.2, 0) is 9.59 Å². The summed E-state index contributed by atoms with van der Waals surface area (Å²) >= 11 is 1.18. The summed E-state index contributed by atoms with van der Waals surface area (Å²) in [4.78, 5) is 34.5. The maximum absolute atomic E-state index is 12.0. The number of aryl methyl sites for hydroxylation is 2. The predicted molar refractivity (Wildman–Crippen MR) is 108 cm³/mol. The van der Waals surface area contributed by atoms with Gasteiger partial charge in [0.2, 0.25) is 11.8 Å². The van der Waals surface area contributed by atoms with Gasteiger partial charge in [0.25, 0.3) is 5.69 Å². The van der Waals surface area contributed by atoms with Crippen LogP contribution in [0.5, 0.6) is 0 Å². The van der Waals surface area contributed by atoms with Crippen molar-refractivity contribution in [3.63, 3.8) is 0 Å². The largest absolute Gasteiger partial charge is 0.325 e. The van der Waals surface area contributed by atoms with Gasteiger partial charge in [0.05, 0.1) is 27.7 Å². The van der Waals surface area contributed by atoms with Gasteiger partial charge in [-0.15, -0.1) is 11.8 Å². The molecule has 0 bridgehead atoms. The van der Waals surface area contributed by atoms with Crippen LogP contribution in [0.2, 0.25) is 0 Å². The molecule has 0 fully saturated rings. The zero-order chi connectivity index (χ0) is 20.0. The van der Waals surface area contributed by atoms with Gasteiger partial charge in [-0.05, 0) is 38.5 Å². The van der Waals surface area contributed by atoms with Gasteiger partial charge < -0.3 is 10.6 Å². The molecular formula is C19H21N3O4S. The minimum absolute atomic E-state index is 0.0479. The first-order chi connectivity index (χ1) is 12.8. The van der Waals surface area contributed by atoms with Crippen molar-refractivity contribution in [2.75, 3.05) is 22.1 Å². The summed E-state index contributed by atoms with van der Waals surface area (Å²) in [6.07, 6.45) is 0. The smallest absolute Gasteiger partial charge is 0.274 e. The summed E-state index contributed by atoms with van der Waals surface area (Å²) in [7, 11) is 0. The molecule has 2 aromatic carbocycles. The van der Waals surface area contributed by atoms with Gasteiger partial charge in [-0.25, -0.2) is 0 Å². The van der Waals surface area contributed by atoms with E-state index in [-0.39, 0.29) is 29.0 Å². The average molecular weight is 387 g/mol. The fourth-order valence-corrected chi connectivity index (χ4v) is 3.14. The molecule has 142 valence electrons. The Balaban J connectivity index is 1.83. The average Bonchev–Trinajstić information content (AvgIpc) is 2.59. The number of thioether (sulfide) groups is 1. The van der Waals surface area contributed by atoms with E-state index in [2.05, 4.69) is 10.6 Å². The number of hydrogen-bond acceptors (Lipinski definition) is 5. The van der Waals surface area contributed by atoms with Crippen molar-refractivity contribution >= 4 is 40.6 Å². The molecule has 0 aliphatic rings. The summed E-state index contributed by atoms with van der Waals surface area (Å²) in [5.41, 5.74) is 3.60. The molecule has 2 aromatic rings. The molecule has 0 saturated heterocycles. The monoisotopic (exact) mass is 387 g/mol. The summed E-state index contributed by atoms with van der Waals surface area (Å²) in [5.74, 6) is -0.300. The SMILES string of the molecule is Cc1ccc(NC(=O)CSCC(=O)Nc2cccc([N+](=O)[O-])c2C)c(C)c1. The van der Waals surface area contributed by atoms with Crippen LogP contribution in [0.1, 0.15) is 16.7 Å². The van der Waals surface area contributed by atoms with Gasteiger partial charge >= 0.3 is 0 Å². The maximum atomic E-state index is 12.0. The first-order valence-corrected chi connectivity index (χ1v) is 9.42. The van der Waals surface area contributed by atoms with Crippen LogP contribution in [0.3, 0.4) is 0 Å². The first-order valence-electron chi connectivity index (χ1n) is 8.26. The number of amides is 2. The minimum Gasteiger partial charge on any atom is -0.325 e. The van der Waals surface area contributed by atoms with Crippen molar-refractivity contribution in [1.82, 2.24) is 0 Å². The van der Waals surface area contributed by atoms with E-state index in [0.29, 0.717) is 11.3 Å². The topological polar surface area (TPSA) is 101 Å². The molecule has 0 aromatic heterocycles. The van der Waals surface area contributed by atoms with Crippen LogP contribution < -0.4 is 10.6 Å². The number of nitro groups is 1. The van der Waals surface area contributed by atoms with Crippen LogP contribution in [-0.4, -0.2) is 28.2 Å². The van der Waals surface area contributed by atoms with Gasteiger partial charge in [-0.1, -0.05) is 23.8 Å². The lowest BCUT2D eigenvalue weighted by molar-refractivity contribution is -0.385. The Kier molecular flexibility index (Phi) is 6.95. The number of carbonyl (C=O) groups is 2. The van der Waals surface area contributed by atoms with Crippen molar-refractivity contribution in [2.45, 2.75) is 20.8 Å². The highest BCUT2D eigenvalue weighted by Crippen LogP contribution is 2.25. The molecule has 0 radical (unpaired) electrons. The van der Waals surface area contributed by atoms with Gasteiger partial charge in [0.15, 0.2) is 0 Å². The molecule has 0 aliphatic heterocycles. The minimum atomic E-state index is -0.489. The Morgan fingerprint density at radius 3 is 2.22 bits per heavy atom. The second-order valence-electron chi connectivity index (χ2n) is 6.11. The summed E-state index contributed by atoms with van der Waals surface area (Å²) in [6, 6.07) is 10.3. The number of anilines is 2. The van der Waals surface area contributed by atoms with Crippen LogP contribution in [0, 0.1) is 30.9 Å². The van der Waals surface area contributed by atoms with E-state index in [1.807, 2.05) is 32.0 Å². The zero-order valence-corrected chi connectivity index (χ0v) is 16.2. The van der Waals surface area contributed by atoms with Crippen LogP contribution >= 0.6 is 11.8 Å². The van der Waals surface area contributed by atoms with Crippen molar-refractivity contribution in [3.05, 3.63) is 63.2 Å². The molecule has 8 heteroatoms. The number of carbonyl (C=O) groups excluding carboxylic acids is 2. The lowest BCUT2D eigenvalue weighted by atomic mass is 10.1. The fourth-order valence-electron chi connectivity index (χ4n) is 2.52. The second kappa shape index (κ2) is 9.18. The third-order valence-corrected chi connectivity index (χ3v) is 4.83. The number of benzene rings is 2. The summed E-state index contributed by atoms with van der Waals surface area (Å²) < 4.78 is 0. The molecule has 0 unspecified atom stereocenters. The van der Waals surface area contributed by atoms with Gasteiger partial charge in [0.1, 0.15) is 0 Å². The van der Waals surface area contributed by atoms with E-state index in [4.69, 9.17) is 0 Å². The Morgan fingerprint density at radius 2 is 1.63 bits per heavy atom. The molecule has 2 amide bonds. The number of hydrogen-bond donors (Lipinski definition) is 2. The Hall–Kier alpha value is -2.87. The Labute approximate surface area is 161 Å². The quantitative estimate of drug-likeness (QED) is 0.555. The van der Waals surface area contributed by atoms with E-state index in [0.717, 1.165) is 16.8 Å². The second-order valence-corrected chi connectivity index (χ2v) is 7.10. The lowest BCUT2D eigenvalue weighted by Gasteiger charge is -2.10. The lowest BCUT2D eigenvalue weighted by Crippen LogP contribution is -2.19. The molecule has 0 aliphatic carbocycles. The number of nitro benzene ring substituents is 1. The van der Waals surface area contributed by atoms with Crippen molar-refractivity contribution in [1.29, 1.82) is 0 Å². The standard InChI is InChI=1S/C19H21N3O4S/c1-12-7-8-15(13(2)9-12)20-18(23)10-27-11-19(24)21-16-5-4-6-17(14(16)3)22(25)26/h4-9H,10-11H2,1-3H3,(H,20,23)(H,21,24). The van der Waals surface area contributed by atoms with Gasteiger partial charge in [-0.2, -0.15) is 0 Å². The van der Waals surface area contributed by atoms with Gasteiger partial charge in [0, 0.05) is 11.8 Å². The molecule has 2 rings (SSSR count). The highest BCUT2D eigenvalue weighted by atomic mass is 32.2. The molecule has 7 nitrogen and oxygen atoms in total. The first kappa shape index (κ1) is 20.4. The Morgan fingerprint density at radius 1 is 1.00 bits per heavy atom. The van der Waals surface area contributed by atoms with Crippen molar-refractivity contribution < 1.29 is 14.5 Å². The number of nitrogens with zero attached hydrogens (tertiary/aromatic N) is 1. The molecule has 0 heterocycles. The summed E-state index contributed by atoms with van der Waals surface area (Å²) in [5, 5.41) is 16.4. The van der Waals surface area contributed by atoms with Crippen LogP contribution in [0.4, 0.5) is 17.1 Å². The summed E-state index contributed by atoms with van der Waals surface area (Å²) in [6.45, 7) is 5.49. The zero-order valence-electron chi connectivity index (χ0n) is 15.4. The van der Waals surface area contributed by atoms with E-state index < -0.39 is 4.92 Å². The molecule has 0 atom stereocenters. The van der Waals surface area contributed by atoms with E-state index in [1.54, 1.807) is 13.0 Å². The highest BCUT2D eigenvalue weighted by Gasteiger charge is 2.15. The molecular weight excluding hydrogens is 366 g/mol. The molecule has 0 spiro atoms. The maximum Gasteiger partial charge on any atom is 0.274 e. The normalized spacial score (nSPS) is 10.3. The number of nitrogens with one attached hydrogen (secondary N) is 2. The third-order valence-electron chi connectivity index (χ3n) is 3.90. The predicted octanol–water partition coefficient (Wildman–Crippen LogP) is 3.83. The van der Waals surface area contributed by atoms with E-state index >= 15 is 0 Å². The van der Waals surface area contributed by atoms with Crippen molar-refractivity contribution in [3.8, 4) is 0 Å². The highest BCUT2D eigenvalue weighted by molar-refractivity contribution is 8.00. The van der Waals surface area contributed by atoms with Gasteiger partial charge in [-0.3, -0.25) is 19.7 Å². The molecule has 2 N–H and O–H groups in total. The van der Waals surface area contributed by atoms with Crippen molar-refractivity contribution in [2.24, 2.45) is 0 Å². The van der Waals surface area contributed by atoms with Crippen LogP contribution in [0.15, 0.2) is 36.4 Å². The van der Waals surface area contributed by atoms with E-state index in [1.165, 1.54) is 23.9 Å². The number of rotatable bonds is 7.